The molecule has 4 nitrogen and oxygen atoms in total. The minimum Gasteiger partial charge on any atom is -0.347 e. The molecule has 0 aliphatic heterocycles. The predicted molar refractivity (Wildman–Crippen MR) is 66.1 cm³/mol. The second-order valence-electron chi connectivity index (χ2n) is 5.49. The molecule has 0 unspecified atom stereocenters. The Morgan fingerprint density at radius 2 is 1.09 bits per heavy atom. The van der Waals surface area contributed by atoms with Gasteiger partial charge in [0.25, 0.3) is 5.91 Å². The lowest BCUT2D eigenvalue weighted by atomic mass is 10.2. The summed E-state index contributed by atoms with van der Waals surface area (Å²) in [6.45, 7) is 1.48. The van der Waals surface area contributed by atoms with Crippen molar-refractivity contribution < 1.29 is 88.9 Å². The Balaban J connectivity index is 6.70. The van der Waals surface area contributed by atoms with Crippen LogP contribution in [0.15, 0.2) is 12.7 Å². The topological polar surface area (TPSA) is 47.6 Å². The summed E-state index contributed by atoms with van der Waals surface area (Å²) in [5.41, 5.74) is 0. The van der Waals surface area contributed by atoms with Crippen molar-refractivity contribution in [3.8, 4) is 0 Å². The third kappa shape index (κ3) is 5.54. The average molecular weight is 535 g/mol. The van der Waals surface area contributed by atoms with Crippen LogP contribution in [0.2, 0.25) is 0 Å². The molecule has 0 spiro atoms. The molecule has 1 N–H and O–H groups in total. The normalized spacial score (nSPS) is 18.3. The van der Waals surface area contributed by atoms with Crippen LogP contribution in [-0.4, -0.2) is 60.8 Å². The fraction of sp³-hybridized carbons (Fsp3) is 0.750. The lowest BCUT2D eigenvalue weighted by Gasteiger charge is -2.40. The van der Waals surface area contributed by atoms with Crippen LogP contribution in [0.4, 0.5) is 74.6 Å². The number of hydrogen-bond donors (Lipinski definition) is 1. The Hall–Kier alpha value is -2.06. The van der Waals surface area contributed by atoms with Crippen molar-refractivity contribution in [1.29, 1.82) is 0 Å². The molecule has 0 aromatic heterocycles. The van der Waals surface area contributed by atoms with Crippen molar-refractivity contribution in [3.63, 3.8) is 0 Å². The van der Waals surface area contributed by atoms with E-state index in [9.17, 15) is 79.4 Å². The van der Waals surface area contributed by atoms with E-state index >= 15 is 0 Å². The zero-order valence-corrected chi connectivity index (χ0v) is 14.6. The van der Waals surface area contributed by atoms with Gasteiger partial charge in [-0.2, -0.15) is 74.6 Å². The first-order valence-corrected chi connectivity index (χ1v) is 7.15. The van der Waals surface area contributed by atoms with Crippen LogP contribution in [-0.2, 0) is 14.3 Å². The van der Waals surface area contributed by atoms with Gasteiger partial charge < -0.3 is 5.32 Å². The first-order valence-electron chi connectivity index (χ1n) is 7.15. The third-order valence-corrected chi connectivity index (χ3v) is 3.06. The molecule has 0 heterocycles. The van der Waals surface area contributed by atoms with Crippen LogP contribution >= 0.6 is 0 Å². The summed E-state index contributed by atoms with van der Waals surface area (Å²) in [6.07, 6.45) is -38.0. The standard InChI is InChI=1S/C12H6F17NO3/c1-2-3-30-4(31)5(13,8(17,18)19)32-12(28,29)7(16,10(23,24)25)33-11(26,27)6(14,15)9(20,21)22/h2H,1,3H2,(H,30,31)/t5-,7+/m1/s1. The summed E-state index contributed by atoms with van der Waals surface area (Å²) >= 11 is 0. The van der Waals surface area contributed by atoms with Crippen LogP contribution in [0.25, 0.3) is 0 Å². The molecule has 0 rings (SSSR count). The third-order valence-electron chi connectivity index (χ3n) is 3.06. The molecule has 0 aliphatic carbocycles. The Bertz CT molecular complexity index is 726. The Labute approximate surface area is 169 Å². The number of hydrogen-bond acceptors (Lipinski definition) is 3. The Kier molecular flexibility index (Phi) is 8.08. The van der Waals surface area contributed by atoms with Crippen LogP contribution < -0.4 is 5.32 Å². The number of amides is 1. The molecular formula is C12H6F17NO3. The molecule has 1 amide bonds. The van der Waals surface area contributed by atoms with Crippen LogP contribution in [0, 0.1) is 0 Å². The molecule has 196 valence electrons. The number of nitrogens with one attached hydrogen (secondary N) is 1. The lowest BCUT2D eigenvalue weighted by Crippen LogP contribution is -2.68. The van der Waals surface area contributed by atoms with E-state index in [1.54, 1.807) is 0 Å². The summed E-state index contributed by atoms with van der Waals surface area (Å²) < 4.78 is 221. The van der Waals surface area contributed by atoms with E-state index in [1.165, 1.54) is 4.74 Å². The minimum atomic E-state index is -8.03. The summed E-state index contributed by atoms with van der Waals surface area (Å²) in [4.78, 5) is 11.1. The van der Waals surface area contributed by atoms with Gasteiger partial charge in [-0.05, 0) is 0 Å². The maximum absolute atomic E-state index is 13.9. The first-order chi connectivity index (χ1) is 14.1. The van der Waals surface area contributed by atoms with Gasteiger partial charge >= 0.3 is 48.4 Å². The minimum absolute atomic E-state index is 0.422. The van der Waals surface area contributed by atoms with Crippen LogP contribution in [0.3, 0.4) is 0 Å². The van der Waals surface area contributed by atoms with E-state index in [2.05, 4.69) is 6.58 Å². The molecule has 0 saturated heterocycles. The summed E-state index contributed by atoms with van der Waals surface area (Å²) in [5, 5.41) is 0.713. The second-order valence-corrected chi connectivity index (χ2v) is 5.49. The van der Waals surface area contributed by atoms with Crippen molar-refractivity contribution in [2.24, 2.45) is 0 Å². The van der Waals surface area contributed by atoms with Crippen LogP contribution in [0.5, 0.6) is 0 Å². The van der Waals surface area contributed by atoms with E-state index in [1.807, 2.05) is 4.74 Å². The van der Waals surface area contributed by atoms with Gasteiger partial charge in [0.1, 0.15) is 0 Å². The van der Waals surface area contributed by atoms with E-state index in [4.69, 9.17) is 0 Å². The van der Waals surface area contributed by atoms with Gasteiger partial charge in [-0.1, -0.05) is 6.08 Å². The summed E-state index contributed by atoms with van der Waals surface area (Å²) in [5.74, 6) is -26.1. The van der Waals surface area contributed by atoms with E-state index in [0.29, 0.717) is 11.4 Å². The molecule has 2 atom stereocenters. The fourth-order valence-electron chi connectivity index (χ4n) is 1.44. The van der Waals surface area contributed by atoms with Crippen molar-refractivity contribution in [3.05, 3.63) is 12.7 Å². The molecule has 0 fully saturated rings. The number of halogens is 17. The molecule has 0 radical (unpaired) electrons. The Morgan fingerprint density at radius 3 is 1.39 bits per heavy atom. The van der Waals surface area contributed by atoms with Gasteiger partial charge in [0.2, 0.25) is 0 Å². The largest absolute Gasteiger partial charge is 0.462 e. The lowest BCUT2D eigenvalue weighted by molar-refractivity contribution is -0.548. The van der Waals surface area contributed by atoms with Crippen molar-refractivity contribution in [2.75, 3.05) is 6.54 Å². The molecule has 33 heavy (non-hydrogen) atoms. The highest BCUT2D eigenvalue weighted by molar-refractivity contribution is 5.84. The quantitative estimate of drug-likeness (QED) is 0.328. The van der Waals surface area contributed by atoms with Gasteiger partial charge in [0.15, 0.2) is 0 Å². The second kappa shape index (κ2) is 8.62. The van der Waals surface area contributed by atoms with Gasteiger partial charge in [-0.15, -0.1) is 6.58 Å². The summed E-state index contributed by atoms with van der Waals surface area (Å²) in [6, 6.07) is 0. The molecule has 0 saturated carbocycles. The van der Waals surface area contributed by atoms with Gasteiger partial charge in [-0.3, -0.25) is 14.3 Å². The van der Waals surface area contributed by atoms with E-state index < -0.39 is 60.8 Å². The van der Waals surface area contributed by atoms with Gasteiger partial charge in [0.05, 0.1) is 0 Å². The molecule has 0 bridgehead atoms. The SMILES string of the molecule is C=CCNC(=O)[C@@](F)(OC(F)(F)[C@@](F)(OC(F)(F)C(F)(F)C(F)(F)F)C(F)(F)F)C(F)(F)F. The smallest absolute Gasteiger partial charge is 0.347 e. The van der Waals surface area contributed by atoms with E-state index in [-0.39, 0.29) is 0 Å². The maximum atomic E-state index is 13.9. The van der Waals surface area contributed by atoms with Crippen molar-refractivity contribution in [2.45, 2.75) is 48.4 Å². The Morgan fingerprint density at radius 1 is 0.667 bits per heavy atom. The zero-order valence-electron chi connectivity index (χ0n) is 14.6. The van der Waals surface area contributed by atoms with E-state index in [0.717, 1.165) is 0 Å². The number of carbonyl (C=O) groups excluding carboxylic acids is 1. The molecule has 21 heteroatoms. The summed E-state index contributed by atoms with van der Waals surface area (Å²) in [7, 11) is 0. The van der Waals surface area contributed by atoms with Crippen molar-refractivity contribution >= 4 is 5.91 Å². The molecule has 0 aromatic carbocycles. The highest BCUT2D eigenvalue weighted by Gasteiger charge is 2.85. The molecular weight excluding hydrogens is 529 g/mol. The average Bonchev–Trinajstić information content (AvgIpc) is 2.55. The number of carbonyl (C=O) groups is 1. The monoisotopic (exact) mass is 535 g/mol. The number of alkyl halides is 17. The van der Waals surface area contributed by atoms with Gasteiger partial charge in [-0.25, -0.2) is 0 Å². The van der Waals surface area contributed by atoms with Crippen molar-refractivity contribution in [1.82, 2.24) is 5.32 Å². The maximum Gasteiger partial charge on any atom is 0.462 e. The van der Waals surface area contributed by atoms with Crippen LogP contribution in [0.1, 0.15) is 0 Å². The first kappa shape index (κ1) is 30.9. The fourth-order valence-corrected chi connectivity index (χ4v) is 1.44. The molecule has 0 aromatic rings. The predicted octanol–water partition coefficient (Wildman–Crippen LogP) is 5.16. The highest BCUT2D eigenvalue weighted by Crippen LogP contribution is 2.56. The zero-order chi connectivity index (χ0) is 27.1. The number of rotatable bonds is 9. The number of ether oxygens (including phenoxy) is 2. The molecule has 0 aliphatic rings. The highest BCUT2D eigenvalue weighted by atomic mass is 19.4. The van der Waals surface area contributed by atoms with Gasteiger partial charge in [0, 0.05) is 6.54 Å².